The van der Waals surface area contributed by atoms with Crippen LogP contribution < -0.4 is 21.5 Å². The summed E-state index contributed by atoms with van der Waals surface area (Å²) >= 11 is 0. The average Bonchev–Trinajstić information content (AvgIpc) is 2.85. The monoisotopic (exact) mass is 264 g/mol. The summed E-state index contributed by atoms with van der Waals surface area (Å²) in [6, 6.07) is 0. The Kier molecular flexibility index (Phi) is 2.86. The molecule has 2 aromatic rings. The topological polar surface area (TPSA) is 98.8 Å². The second-order valence-electron chi connectivity index (χ2n) is 4.50. The largest absolute Gasteiger partial charge is 0.340 e. The Hall–Kier alpha value is -2.09. The van der Waals surface area contributed by atoms with E-state index in [0.717, 1.165) is 26.2 Å². The second-order valence-corrected chi connectivity index (χ2v) is 4.50. The number of hydrogen-bond acceptors (Lipinski definition) is 5. The lowest BCUT2D eigenvalue weighted by Gasteiger charge is -2.26. The van der Waals surface area contributed by atoms with E-state index in [1.54, 1.807) is 0 Å². The third-order valence-electron chi connectivity index (χ3n) is 3.35. The van der Waals surface area contributed by atoms with Gasteiger partial charge in [-0.3, -0.25) is 14.3 Å². The molecule has 1 fully saturated rings. The third kappa shape index (κ3) is 1.93. The summed E-state index contributed by atoms with van der Waals surface area (Å²) in [7, 11) is 0. The maximum absolute atomic E-state index is 11.8. The predicted molar refractivity (Wildman–Crippen MR) is 71.7 cm³/mol. The molecule has 3 rings (SSSR count). The van der Waals surface area contributed by atoms with E-state index in [0.29, 0.717) is 23.7 Å². The van der Waals surface area contributed by atoms with Crippen LogP contribution in [0.5, 0.6) is 0 Å². The van der Waals surface area contributed by atoms with Crippen LogP contribution in [0.15, 0.2) is 9.59 Å². The number of aryl methyl sites for hydroxylation is 1. The Labute approximate surface area is 108 Å². The van der Waals surface area contributed by atoms with Gasteiger partial charge in [-0.25, -0.2) is 4.79 Å². The summed E-state index contributed by atoms with van der Waals surface area (Å²) in [4.78, 5) is 35.3. The van der Waals surface area contributed by atoms with Crippen LogP contribution >= 0.6 is 0 Å². The van der Waals surface area contributed by atoms with E-state index in [4.69, 9.17) is 0 Å². The zero-order valence-electron chi connectivity index (χ0n) is 10.7. The summed E-state index contributed by atoms with van der Waals surface area (Å²) < 4.78 is 1.46. The van der Waals surface area contributed by atoms with Crippen LogP contribution in [0.3, 0.4) is 0 Å². The van der Waals surface area contributed by atoms with Gasteiger partial charge in [0, 0.05) is 32.7 Å². The molecule has 0 aliphatic carbocycles. The smallest absolute Gasteiger partial charge is 0.330 e. The molecule has 3 heterocycles. The first-order chi connectivity index (χ1) is 9.20. The zero-order valence-corrected chi connectivity index (χ0v) is 10.7. The van der Waals surface area contributed by atoms with Crippen molar-refractivity contribution in [3.8, 4) is 0 Å². The van der Waals surface area contributed by atoms with E-state index in [-0.39, 0.29) is 0 Å². The number of rotatable bonds is 2. The Morgan fingerprint density at radius 2 is 1.95 bits per heavy atom. The van der Waals surface area contributed by atoms with Crippen molar-refractivity contribution in [2.75, 3.05) is 31.1 Å². The molecule has 0 spiro atoms. The number of H-pyrrole nitrogens is 2. The van der Waals surface area contributed by atoms with Crippen molar-refractivity contribution in [2.24, 2.45) is 0 Å². The highest BCUT2D eigenvalue weighted by Crippen LogP contribution is 2.13. The maximum atomic E-state index is 11.8. The van der Waals surface area contributed by atoms with Crippen molar-refractivity contribution < 1.29 is 0 Å². The maximum Gasteiger partial charge on any atom is 0.330 e. The minimum Gasteiger partial charge on any atom is -0.340 e. The van der Waals surface area contributed by atoms with Gasteiger partial charge in [-0.2, -0.15) is 4.98 Å². The molecule has 8 nitrogen and oxygen atoms in total. The van der Waals surface area contributed by atoms with Crippen molar-refractivity contribution in [1.29, 1.82) is 0 Å². The van der Waals surface area contributed by atoms with Crippen molar-refractivity contribution in [1.82, 2.24) is 24.8 Å². The predicted octanol–water partition coefficient (Wildman–Crippen LogP) is -1.16. The van der Waals surface area contributed by atoms with Gasteiger partial charge in [0.15, 0.2) is 11.2 Å². The molecule has 0 amide bonds. The first-order valence-electron chi connectivity index (χ1n) is 6.39. The van der Waals surface area contributed by atoms with E-state index in [1.165, 1.54) is 4.57 Å². The molecule has 0 saturated carbocycles. The summed E-state index contributed by atoms with van der Waals surface area (Å²) in [5.74, 6) is 0.648. The number of aromatic nitrogens is 4. The molecule has 0 atom stereocenters. The highest BCUT2D eigenvalue weighted by atomic mass is 16.2. The average molecular weight is 264 g/mol. The fraction of sp³-hybridized carbons (Fsp3) is 0.545. The SMILES string of the molecule is CCn1c(=O)[nH]c(=O)c2[nH]c(N3CCNCC3)nc21. The summed E-state index contributed by atoms with van der Waals surface area (Å²) in [6.07, 6.45) is 0. The number of aromatic amines is 2. The number of nitrogens with one attached hydrogen (secondary N) is 3. The zero-order chi connectivity index (χ0) is 13.4. The molecule has 3 N–H and O–H groups in total. The van der Waals surface area contributed by atoms with Gasteiger partial charge in [0.05, 0.1) is 0 Å². The molecule has 2 aromatic heterocycles. The minimum atomic E-state index is -0.418. The van der Waals surface area contributed by atoms with Gasteiger partial charge in [0.1, 0.15) is 0 Å². The third-order valence-corrected chi connectivity index (χ3v) is 3.35. The molecule has 8 heteroatoms. The van der Waals surface area contributed by atoms with Crippen molar-refractivity contribution in [3.05, 3.63) is 20.8 Å². The number of imidazole rings is 1. The molecule has 0 bridgehead atoms. The van der Waals surface area contributed by atoms with Crippen LogP contribution in [0.25, 0.3) is 11.2 Å². The number of piperazine rings is 1. The van der Waals surface area contributed by atoms with Gasteiger partial charge in [-0.15, -0.1) is 0 Å². The van der Waals surface area contributed by atoms with Crippen molar-refractivity contribution in [3.63, 3.8) is 0 Å². The van der Waals surface area contributed by atoms with Crippen LogP contribution in [-0.2, 0) is 6.54 Å². The molecule has 0 aromatic carbocycles. The van der Waals surface area contributed by atoms with Crippen LogP contribution in [0.4, 0.5) is 5.95 Å². The van der Waals surface area contributed by atoms with Crippen molar-refractivity contribution >= 4 is 17.1 Å². The van der Waals surface area contributed by atoms with E-state index in [1.807, 2.05) is 6.92 Å². The highest BCUT2D eigenvalue weighted by molar-refractivity contribution is 5.72. The quantitative estimate of drug-likeness (QED) is 0.635. The Morgan fingerprint density at radius 3 is 2.63 bits per heavy atom. The Morgan fingerprint density at radius 1 is 1.21 bits per heavy atom. The van der Waals surface area contributed by atoms with E-state index in [9.17, 15) is 9.59 Å². The molecule has 1 saturated heterocycles. The van der Waals surface area contributed by atoms with Crippen LogP contribution in [0.2, 0.25) is 0 Å². The fourth-order valence-electron chi connectivity index (χ4n) is 2.35. The lowest BCUT2D eigenvalue weighted by atomic mass is 10.4. The first-order valence-corrected chi connectivity index (χ1v) is 6.39. The fourth-order valence-corrected chi connectivity index (χ4v) is 2.35. The standard InChI is InChI=1S/C11H16N6O2/c1-2-17-8-7(9(18)15-11(17)19)13-10(14-8)16-5-3-12-4-6-16/h12H,2-6H2,1H3,(H,13,14)(H,15,18,19). The molecule has 0 unspecified atom stereocenters. The molecule has 0 radical (unpaired) electrons. The van der Waals surface area contributed by atoms with Crippen LogP contribution in [0.1, 0.15) is 6.92 Å². The Balaban J connectivity index is 2.16. The van der Waals surface area contributed by atoms with Crippen LogP contribution in [0, 0.1) is 0 Å². The highest BCUT2D eigenvalue weighted by Gasteiger charge is 2.17. The number of nitrogens with zero attached hydrogens (tertiary/aromatic N) is 3. The normalized spacial score (nSPS) is 16.2. The van der Waals surface area contributed by atoms with Gasteiger partial charge < -0.3 is 15.2 Å². The van der Waals surface area contributed by atoms with Gasteiger partial charge in [-0.1, -0.05) is 0 Å². The van der Waals surface area contributed by atoms with Crippen LogP contribution in [-0.4, -0.2) is 45.7 Å². The summed E-state index contributed by atoms with van der Waals surface area (Å²) in [5.41, 5.74) is -0.0586. The van der Waals surface area contributed by atoms with Gasteiger partial charge in [0.2, 0.25) is 5.95 Å². The molecule has 1 aliphatic rings. The first kappa shape index (κ1) is 12.0. The Bertz CT molecular complexity index is 706. The molecule has 1 aliphatic heterocycles. The summed E-state index contributed by atoms with van der Waals surface area (Å²) in [6.45, 7) is 5.74. The number of fused-ring (bicyclic) bond motifs is 1. The number of anilines is 1. The van der Waals surface area contributed by atoms with Gasteiger partial charge in [-0.05, 0) is 6.92 Å². The van der Waals surface area contributed by atoms with Gasteiger partial charge in [0.25, 0.3) is 5.56 Å². The van der Waals surface area contributed by atoms with E-state index in [2.05, 4.69) is 25.2 Å². The lowest BCUT2D eigenvalue weighted by molar-refractivity contribution is 0.581. The molecular weight excluding hydrogens is 248 g/mol. The minimum absolute atomic E-state index is 0.356. The summed E-state index contributed by atoms with van der Waals surface area (Å²) in [5, 5.41) is 3.25. The van der Waals surface area contributed by atoms with E-state index >= 15 is 0 Å². The second kappa shape index (κ2) is 4.54. The lowest BCUT2D eigenvalue weighted by Crippen LogP contribution is -2.44. The van der Waals surface area contributed by atoms with Gasteiger partial charge >= 0.3 is 5.69 Å². The molecule has 19 heavy (non-hydrogen) atoms. The molecular formula is C11H16N6O2. The van der Waals surface area contributed by atoms with E-state index < -0.39 is 11.2 Å². The number of hydrogen-bond donors (Lipinski definition) is 3. The van der Waals surface area contributed by atoms with Crippen molar-refractivity contribution in [2.45, 2.75) is 13.5 Å². The molecule has 102 valence electrons.